The summed E-state index contributed by atoms with van der Waals surface area (Å²) in [5.41, 5.74) is 0.872. The summed E-state index contributed by atoms with van der Waals surface area (Å²) in [6, 6.07) is 7.03. The van der Waals surface area contributed by atoms with Crippen LogP contribution in [-0.2, 0) is 0 Å². The third-order valence-corrected chi connectivity index (χ3v) is 4.81. The first kappa shape index (κ1) is 17.5. The Labute approximate surface area is 146 Å². The molecule has 2 heterocycles. The molecule has 1 aliphatic heterocycles. The first-order valence-corrected chi connectivity index (χ1v) is 8.28. The fourth-order valence-electron chi connectivity index (χ4n) is 3.60. The van der Waals surface area contributed by atoms with Crippen molar-refractivity contribution in [3.8, 4) is 0 Å². The lowest BCUT2D eigenvalue weighted by Gasteiger charge is -2.28. The van der Waals surface area contributed by atoms with E-state index < -0.39 is 17.5 Å². The standard InChI is InChI=1S/C19H21F2N3O/c1-23-9-7-14(18(23)13-4-3-8-22-11-13)12-24(2)19(25)16-10-15(20)5-6-17(16)21/h3-6,8,10-11,14,18H,7,9,12H2,1-2H3/t14-,18-/m0/s1. The van der Waals surface area contributed by atoms with Crippen LogP contribution < -0.4 is 0 Å². The number of carbonyl (C=O) groups is 1. The number of nitrogens with zero attached hydrogens (tertiary/aromatic N) is 3. The third-order valence-electron chi connectivity index (χ3n) is 4.81. The largest absolute Gasteiger partial charge is 0.341 e. The normalized spacial score (nSPS) is 20.6. The summed E-state index contributed by atoms with van der Waals surface area (Å²) in [4.78, 5) is 20.4. The number of amides is 1. The van der Waals surface area contributed by atoms with Gasteiger partial charge in [0.05, 0.1) is 5.56 Å². The highest BCUT2D eigenvalue weighted by Gasteiger charge is 2.34. The van der Waals surface area contributed by atoms with E-state index in [2.05, 4.69) is 9.88 Å². The summed E-state index contributed by atoms with van der Waals surface area (Å²) in [7, 11) is 3.68. The van der Waals surface area contributed by atoms with Crippen molar-refractivity contribution in [3.05, 3.63) is 65.5 Å². The molecule has 0 radical (unpaired) electrons. The van der Waals surface area contributed by atoms with Gasteiger partial charge in [-0.25, -0.2) is 8.78 Å². The molecule has 4 nitrogen and oxygen atoms in total. The summed E-state index contributed by atoms with van der Waals surface area (Å²) < 4.78 is 27.2. The van der Waals surface area contributed by atoms with E-state index in [0.717, 1.165) is 36.7 Å². The molecule has 1 aromatic heterocycles. The molecule has 0 saturated carbocycles. The van der Waals surface area contributed by atoms with Crippen molar-refractivity contribution < 1.29 is 13.6 Å². The first-order valence-electron chi connectivity index (χ1n) is 8.28. The van der Waals surface area contributed by atoms with Crippen molar-refractivity contribution in [2.75, 3.05) is 27.2 Å². The van der Waals surface area contributed by atoms with Crippen molar-refractivity contribution in [2.45, 2.75) is 12.5 Å². The minimum absolute atomic E-state index is 0.154. The van der Waals surface area contributed by atoms with E-state index in [1.54, 1.807) is 13.2 Å². The van der Waals surface area contributed by atoms with E-state index in [1.807, 2.05) is 25.4 Å². The van der Waals surface area contributed by atoms with Crippen LogP contribution in [0.5, 0.6) is 0 Å². The molecule has 0 unspecified atom stereocenters. The molecular weight excluding hydrogens is 324 g/mol. The number of pyridine rings is 1. The summed E-state index contributed by atoms with van der Waals surface area (Å²) in [6.07, 6.45) is 4.50. The first-order chi connectivity index (χ1) is 12.0. The number of hydrogen-bond acceptors (Lipinski definition) is 3. The van der Waals surface area contributed by atoms with Crippen LogP contribution in [0.25, 0.3) is 0 Å². The van der Waals surface area contributed by atoms with Gasteiger partial charge in [0.1, 0.15) is 11.6 Å². The SMILES string of the molecule is CN(C[C@@H]1CCN(C)[C@H]1c1cccnc1)C(=O)c1cc(F)ccc1F. The second-order valence-corrected chi connectivity index (χ2v) is 6.57. The lowest BCUT2D eigenvalue weighted by molar-refractivity contribution is 0.0755. The van der Waals surface area contributed by atoms with Crippen LogP contribution in [0.15, 0.2) is 42.7 Å². The Morgan fingerprint density at radius 3 is 2.88 bits per heavy atom. The maximum Gasteiger partial charge on any atom is 0.256 e. The highest BCUT2D eigenvalue weighted by atomic mass is 19.1. The predicted octanol–water partition coefficient (Wildman–Crippen LogP) is 3.12. The second-order valence-electron chi connectivity index (χ2n) is 6.57. The van der Waals surface area contributed by atoms with Gasteiger partial charge >= 0.3 is 0 Å². The third kappa shape index (κ3) is 3.69. The van der Waals surface area contributed by atoms with E-state index in [4.69, 9.17) is 0 Å². The van der Waals surface area contributed by atoms with Crippen molar-refractivity contribution in [1.29, 1.82) is 0 Å². The number of rotatable bonds is 4. The molecule has 25 heavy (non-hydrogen) atoms. The molecule has 3 rings (SSSR count). The lowest BCUT2D eigenvalue weighted by Crippen LogP contribution is -2.34. The van der Waals surface area contributed by atoms with Gasteiger partial charge in [-0.3, -0.25) is 14.7 Å². The van der Waals surface area contributed by atoms with Crippen LogP contribution in [0.3, 0.4) is 0 Å². The van der Waals surface area contributed by atoms with Gasteiger partial charge in [0.2, 0.25) is 0 Å². The van der Waals surface area contributed by atoms with E-state index in [9.17, 15) is 13.6 Å². The fourth-order valence-corrected chi connectivity index (χ4v) is 3.60. The van der Waals surface area contributed by atoms with E-state index in [1.165, 1.54) is 4.90 Å². The number of aromatic nitrogens is 1. The molecule has 1 aromatic carbocycles. The van der Waals surface area contributed by atoms with Gasteiger partial charge in [-0.2, -0.15) is 0 Å². The van der Waals surface area contributed by atoms with E-state index >= 15 is 0 Å². The average Bonchev–Trinajstić information content (AvgIpc) is 2.97. The minimum atomic E-state index is -0.703. The summed E-state index contributed by atoms with van der Waals surface area (Å²) in [6.45, 7) is 1.39. The zero-order valence-corrected chi connectivity index (χ0v) is 14.3. The van der Waals surface area contributed by atoms with Gasteiger partial charge in [-0.15, -0.1) is 0 Å². The Morgan fingerprint density at radius 1 is 1.36 bits per heavy atom. The van der Waals surface area contributed by atoms with Gasteiger partial charge < -0.3 is 4.90 Å². The summed E-state index contributed by atoms with van der Waals surface area (Å²) in [5.74, 6) is -1.62. The molecule has 1 fully saturated rings. The molecule has 1 amide bonds. The molecule has 1 saturated heterocycles. The Balaban J connectivity index is 1.76. The van der Waals surface area contributed by atoms with Gasteiger partial charge in [0, 0.05) is 32.0 Å². The fraction of sp³-hybridized carbons (Fsp3) is 0.368. The van der Waals surface area contributed by atoms with Gasteiger partial charge in [-0.05, 0) is 55.8 Å². The zero-order valence-electron chi connectivity index (χ0n) is 14.3. The Kier molecular flexibility index (Phi) is 5.08. The van der Waals surface area contributed by atoms with Crippen LogP contribution >= 0.6 is 0 Å². The van der Waals surface area contributed by atoms with Gasteiger partial charge in [0.25, 0.3) is 5.91 Å². The quantitative estimate of drug-likeness (QED) is 0.854. The van der Waals surface area contributed by atoms with Crippen LogP contribution in [-0.4, -0.2) is 47.9 Å². The van der Waals surface area contributed by atoms with Crippen molar-refractivity contribution in [3.63, 3.8) is 0 Å². The van der Waals surface area contributed by atoms with Crippen LogP contribution in [0.1, 0.15) is 28.4 Å². The zero-order chi connectivity index (χ0) is 18.0. The number of halogens is 2. The molecule has 1 aliphatic rings. The van der Waals surface area contributed by atoms with Crippen molar-refractivity contribution in [1.82, 2.24) is 14.8 Å². The Bertz CT molecular complexity index is 754. The molecule has 2 atom stereocenters. The Morgan fingerprint density at radius 2 is 2.16 bits per heavy atom. The minimum Gasteiger partial charge on any atom is -0.341 e. The maximum absolute atomic E-state index is 13.9. The average molecular weight is 345 g/mol. The van der Waals surface area contributed by atoms with Gasteiger partial charge in [-0.1, -0.05) is 6.07 Å². The molecule has 0 N–H and O–H groups in total. The maximum atomic E-state index is 13.9. The number of carbonyl (C=O) groups excluding carboxylic acids is 1. The number of benzene rings is 1. The molecule has 0 spiro atoms. The number of hydrogen-bond donors (Lipinski definition) is 0. The molecule has 6 heteroatoms. The smallest absolute Gasteiger partial charge is 0.256 e. The topological polar surface area (TPSA) is 36.4 Å². The lowest BCUT2D eigenvalue weighted by atomic mass is 9.94. The molecular formula is C19H21F2N3O. The monoisotopic (exact) mass is 345 g/mol. The highest BCUT2D eigenvalue weighted by Crippen LogP contribution is 2.36. The predicted molar refractivity (Wildman–Crippen MR) is 91.0 cm³/mol. The van der Waals surface area contributed by atoms with Crippen molar-refractivity contribution >= 4 is 5.91 Å². The molecule has 0 aliphatic carbocycles. The van der Waals surface area contributed by atoms with Crippen LogP contribution in [0, 0.1) is 17.6 Å². The Hall–Kier alpha value is -2.34. The van der Waals surface area contributed by atoms with E-state index in [0.29, 0.717) is 6.54 Å². The van der Waals surface area contributed by atoms with Crippen LogP contribution in [0.4, 0.5) is 8.78 Å². The summed E-state index contributed by atoms with van der Waals surface area (Å²) in [5, 5.41) is 0. The van der Waals surface area contributed by atoms with Gasteiger partial charge in [0.15, 0.2) is 0 Å². The van der Waals surface area contributed by atoms with Crippen molar-refractivity contribution in [2.24, 2.45) is 5.92 Å². The summed E-state index contributed by atoms with van der Waals surface area (Å²) >= 11 is 0. The highest BCUT2D eigenvalue weighted by molar-refractivity contribution is 5.94. The van der Waals surface area contributed by atoms with Crippen LogP contribution in [0.2, 0.25) is 0 Å². The van der Waals surface area contributed by atoms with E-state index in [-0.39, 0.29) is 17.5 Å². The second kappa shape index (κ2) is 7.27. The number of likely N-dealkylation sites (tertiary alicyclic amines) is 1. The molecule has 0 bridgehead atoms. The molecule has 132 valence electrons. The molecule has 2 aromatic rings.